The average molecular weight is 528 g/mol. The molecule has 5 rings (SSSR count). The van der Waals surface area contributed by atoms with Gasteiger partial charge in [-0.25, -0.2) is 4.98 Å². The van der Waals surface area contributed by atoms with E-state index >= 15 is 0 Å². The molecule has 0 saturated heterocycles. The molecule has 0 radical (unpaired) electrons. The number of Topliss-reactive ketones (excluding diaryl/α,β-unsaturated/α-hetero) is 1. The van der Waals surface area contributed by atoms with Crippen LogP contribution in [0.3, 0.4) is 0 Å². The highest BCUT2D eigenvalue weighted by Crippen LogP contribution is 2.23. The number of furan rings is 1. The number of thioether (sulfide) groups is 1. The van der Waals surface area contributed by atoms with E-state index in [1.165, 1.54) is 17.3 Å². The van der Waals surface area contributed by atoms with Crippen LogP contribution >= 0.6 is 11.8 Å². The van der Waals surface area contributed by atoms with Crippen LogP contribution in [0.4, 0.5) is 0 Å². The second-order valence-electron chi connectivity index (χ2n) is 9.13. The number of methoxy groups -OCH3 is 1. The second-order valence-corrected chi connectivity index (χ2v) is 10.1. The molecule has 3 aromatic heterocycles. The molecular formula is C30H29N3O4S. The number of nitrogens with zero attached hydrogens (tertiary/aromatic N) is 3. The van der Waals surface area contributed by atoms with Gasteiger partial charge in [-0.15, -0.1) is 0 Å². The van der Waals surface area contributed by atoms with Crippen LogP contribution in [0.25, 0.3) is 10.9 Å². The first-order valence-corrected chi connectivity index (χ1v) is 13.4. The Morgan fingerprint density at radius 2 is 1.82 bits per heavy atom. The lowest BCUT2D eigenvalue weighted by Gasteiger charge is -2.12. The average Bonchev–Trinajstić information content (AvgIpc) is 3.55. The third-order valence-electron chi connectivity index (χ3n) is 6.71. The summed E-state index contributed by atoms with van der Waals surface area (Å²) in [7, 11) is 1.66. The van der Waals surface area contributed by atoms with E-state index in [1.807, 2.05) is 56.3 Å². The van der Waals surface area contributed by atoms with Crippen molar-refractivity contribution in [2.75, 3.05) is 12.9 Å². The summed E-state index contributed by atoms with van der Waals surface area (Å²) in [6.45, 7) is 5.04. The van der Waals surface area contributed by atoms with Crippen molar-refractivity contribution < 1.29 is 13.9 Å². The lowest BCUT2D eigenvalue weighted by molar-refractivity contribution is 0.102. The van der Waals surface area contributed by atoms with Crippen molar-refractivity contribution in [1.29, 1.82) is 0 Å². The van der Waals surface area contributed by atoms with E-state index in [-0.39, 0.29) is 23.6 Å². The Morgan fingerprint density at radius 1 is 1.03 bits per heavy atom. The minimum absolute atomic E-state index is 0.00533. The van der Waals surface area contributed by atoms with Gasteiger partial charge in [0, 0.05) is 23.5 Å². The molecule has 8 heteroatoms. The predicted molar refractivity (Wildman–Crippen MR) is 149 cm³/mol. The molecule has 0 saturated carbocycles. The van der Waals surface area contributed by atoms with Crippen LogP contribution in [0.15, 0.2) is 87.4 Å². The second kappa shape index (κ2) is 11.1. The van der Waals surface area contributed by atoms with E-state index in [0.717, 1.165) is 30.1 Å². The van der Waals surface area contributed by atoms with Crippen LogP contribution in [-0.2, 0) is 19.5 Å². The van der Waals surface area contributed by atoms with Crippen molar-refractivity contribution in [1.82, 2.24) is 14.1 Å². The molecule has 194 valence electrons. The van der Waals surface area contributed by atoms with Gasteiger partial charge in [-0.3, -0.25) is 14.2 Å². The Hall–Kier alpha value is -4.04. The molecule has 5 aromatic rings. The van der Waals surface area contributed by atoms with Crippen molar-refractivity contribution >= 4 is 28.4 Å². The van der Waals surface area contributed by atoms with Crippen LogP contribution < -0.4 is 10.3 Å². The number of para-hydroxylation sites is 1. The Labute approximate surface area is 225 Å². The number of carbonyl (C=O) groups excluding carboxylic acids is 1. The smallest absolute Gasteiger partial charge is 0.262 e. The SMILES string of the molecule is COc1ccc(CCn2c(C)cc(C(=O)CSc3nc4ccccc4c(=O)n3Cc3ccco3)c2C)cc1. The molecule has 0 bridgehead atoms. The summed E-state index contributed by atoms with van der Waals surface area (Å²) >= 11 is 1.28. The lowest BCUT2D eigenvalue weighted by atomic mass is 10.1. The largest absolute Gasteiger partial charge is 0.497 e. The number of ether oxygens (including phenoxy) is 1. The fourth-order valence-electron chi connectivity index (χ4n) is 4.62. The van der Waals surface area contributed by atoms with E-state index in [4.69, 9.17) is 14.1 Å². The fraction of sp³-hybridized carbons (Fsp3) is 0.233. The quantitative estimate of drug-likeness (QED) is 0.132. The van der Waals surface area contributed by atoms with Gasteiger partial charge in [0.05, 0.1) is 36.6 Å². The van der Waals surface area contributed by atoms with Gasteiger partial charge in [0.25, 0.3) is 5.56 Å². The highest BCUT2D eigenvalue weighted by atomic mass is 32.2. The number of fused-ring (bicyclic) bond motifs is 1. The summed E-state index contributed by atoms with van der Waals surface area (Å²) in [5, 5.41) is 1.03. The van der Waals surface area contributed by atoms with Crippen molar-refractivity contribution in [3.63, 3.8) is 0 Å². The summed E-state index contributed by atoms with van der Waals surface area (Å²) in [5.41, 5.74) is 4.35. The first kappa shape index (κ1) is 25.6. The molecule has 0 atom stereocenters. The van der Waals surface area contributed by atoms with Crippen LogP contribution in [0.2, 0.25) is 0 Å². The van der Waals surface area contributed by atoms with E-state index in [2.05, 4.69) is 16.7 Å². The molecule has 3 heterocycles. The summed E-state index contributed by atoms with van der Waals surface area (Å²) in [5.74, 6) is 1.66. The Balaban J connectivity index is 1.35. The maximum absolute atomic E-state index is 13.3. The van der Waals surface area contributed by atoms with Crippen molar-refractivity contribution in [3.8, 4) is 5.75 Å². The zero-order chi connectivity index (χ0) is 26.6. The summed E-state index contributed by atoms with van der Waals surface area (Å²) in [4.78, 5) is 31.4. The molecule has 0 unspecified atom stereocenters. The number of ketones is 1. The highest BCUT2D eigenvalue weighted by molar-refractivity contribution is 7.99. The molecule has 0 amide bonds. The van der Waals surface area contributed by atoms with Gasteiger partial charge in [-0.05, 0) is 68.3 Å². The molecule has 0 aliphatic rings. The molecule has 0 aliphatic carbocycles. The van der Waals surface area contributed by atoms with E-state index in [9.17, 15) is 9.59 Å². The zero-order valence-electron chi connectivity index (χ0n) is 21.6. The van der Waals surface area contributed by atoms with Crippen LogP contribution in [0.1, 0.15) is 33.1 Å². The lowest BCUT2D eigenvalue weighted by Crippen LogP contribution is -2.24. The Morgan fingerprint density at radius 3 is 2.55 bits per heavy atom. The number of hydrogen-bond donors (Lipinski definition) is 0. The number of aromatic nitrogens is 3. The number of hydrogen-bond acceptors (Lipinski definition) is 6. The highest BCUT2D eigenvalue weighted by Gasteiger charge is 2.19. The maximum atomic E-state index is 13.3. The van der Waals surface area contributed by atoms with Crippen molar-refractivity contribution in [2.24, 2.45) is 0 Å². The predicted octanol–water partition coefficient (Wildman–Crippen LogP) is 5.68. The first-order chi connectivity index (χ1) is 18.4. The van der Waals surface area contributed by atoms with Gasteiger partial charge >= 0.3 is 0 Å². The number of carbonyl (C=O) groups is 1. The van der Waals surface area contributed by atoms with E-state index < -0.39 is 0 Å². The number of benzene rings is 2. The third kappa shape index (κ3) is 5.31. The molecular weight excluding hydrogens is 498 g/mol. The molecule has 0 N–H and O–H groups in total. The van der Waals surface area contributed by atoms with Gasteiger partial charge in [0.1, 0.15) is 11.5 Å². The topological polar surface area (TPSA) is 79.3 Å². The standard InChI is InChI=1S/C30H29N3O4S/c1-20-17-26(21(2)32(20)15-14-22-10-12-23(36-3)13-11-22)28(34)19-38-30-31-27-9-5-4-8-25(27)29(35)33(30)18-24-7-6-16-37-24/h4-13,16-17H,14-15,18-19H2,1-3H3. The van der Waals surface area contributed by atoms with Gasteiger partial charge in [0.2, 0.25) is 0 Å². The normalized spacial score (nSPS) is 11.2. The summed E-state index contributed by atoms with van der Waals surface area (Å²) < 4.78 is 14.5. The van der Waals surface area contributed by atoms with E-state index in [1.54, 1.807) is 30.1 Å². The van der Waals surface area contributed by atoms with Gasteiger partial charge < -0.3 is 13.7 Å². The van der Waals surface area contributed by atoms with Gasteiger partial charge in [-0.2, -0.15) is 0 Å². The monoisotopic (exact) mass is 527 g/mol. The minimum Gasteiger partial charge on any atom is -0.497 e. The third-order valence-corrected chi connectivity index (χ3v) is 7.69. The Kier molecular flexibility index (Phi) is 7.51. The van der Waals surface area contributed by atoms with Crippen molar-refractivity contribution in [3.05, 3.63) is 112 Å². The number of rotatable bonds is 10. The summed E-state index contributed by atoms with van der Waals surface area (Å²) in [6, 6.07) is 20.9. The molecule has 0 spiro atoms. The minimum atomic E-state index is -0.154. The summed E-state index contributed by atoms with van der Waals surface area (Å²) in [6.07, 6.45) is 2.43. The van der Waals surface area contributed by atoms with Gasteiger partial charge in [-0.1, -0.05) is 36.0 Å². The van der Waals surface area contributed by atoms with Crippen LogP contribution in [-0.4, -0.2) is 32.8 Å². The first-order valence-electron chi connectivity index (χ1n) is 12.4. The van der Waals surface area contributed by atoms with Crippen molar-refractivity contribution in [2.45, 2.75) is 38.5 Å². The fourth-order valence-corrected chi connectivity index (χ4v) is 5.51. The van der Waals surface area contributed by atoms with Gasteiger partial charge in [0.15, 0.2) is 10.9 Å². The molecule has 0 aliphatic heterocycles. The molecule has 2 aromatic carbocycles. The molecule has 38 heavy (non-hydrogen) atoms. The molecule has 0 fully saturated rings. The van der Waals surface area contributed by atoms with Crippen LogP contribution in [0, 0.1) is 13.8 Å². The zero-order valence-corrected chi connectivity index (χ0v) is 22.5. The van der Waals surface area contributed by atoms with E-state index in [0.29, 0.717) is 27.4 Å². The van der Waals surface area contributed by atoms with Crippen LogP contribution in [0.5, 0.6) is 5.75 Å². The Bertz CT molecular complexity index is 1630. The molecule has 7 nitrogen and oxygen atoms in total. The maximum Gasteiger partial charge on any atom is 0.262 e. The number of aryl methyl sites for hydroxylation is 2.